The Morgan fingerprint density at radius 3 is 2.57 bits per heavy atom. The van der Waals surface area contributed by atoms with Crippen molar-refractivity contribution in [3.8, 4) is 5.75 Å². The van der Waals surface area contributed by atoms with Crippen molar-refractivity contribution in [2.24, 2.45) is 0 Å². The van der Waals surface area contributed by atoms with E-state index in [4.69, 9.17) is 16.3 Å². The van der Waals surface area contributed by atoms with Crippen LogP contribution in [0.5, 0.6) is 5.75 Å². The van der Waals surface area contributed by atoms with E-state index in [2.05, 4.69) is 10.3 Å². The van der Waals surface area contributed by atoms with Gasteiger partial charge in [-0.3, -0.25) is 9.78 Å². The Bertz CT molecular complexity index is 659. The monoisotopic (exact) mass is 333 g/mol. The van der Waals surface area contributed by atoms with E-state index in [1.807, 2.05) is 43.3 Å². The molecule has 1 aromatic heterocycles. The van der Waals surface area contributed by atoms with E-state index in [9.17, 15) is 4.79 Å². The van der Waals surface area contributed by atoms with Gasteiger partial charge in [0.1, 0.15) is 11.4 Å². The number of hydrogen-bond donors (Lipinski definition) is 1. The second-order valence-electron chi connectivity index (χ2n) is 5.32. The standard InChI is InChI=1S/C17H20ClN3O2/c1-21(2)16(12-4-6-14(23-3)7-5-12)11-20-17(22)15-10-13(18)8-9-19-15/h4-10,16H,11H2,1-3H3,(H,20,22). The summed E-state index contributed by atoms with van der Waals surface area (Å²) in [6.45, 7) is 0.465. The molecule has 0 aliphatic carbocycles. The highest BCUT2D eigenvalue weighted by Gasteiger charge is 2.16. The SMILES string of the molecule is COc1ccc(C(CNC(=O)c2cc(Cl)ccn2)N(C)C)cc1. The molecule has 1 atom stereocenters. The molecule has 0 bridgehead atoms. The molecule has 1 N–H and O–H groups in total. The molecule has 122 valence electrons. The van der Waals surface area contributed by atoms with Gasteiger partial charge in [0, 0.05) is 17.8 Å². The number of hydrogen-bond acceptors (Lipinski definition) is 4. The van der Waals surface area contributed by atoms with E-state index in [1.165, 1.54) is 6.20 Å². The molecule has 2 rings (SSSR count). The number of methoxy groups -OCH3 is 1. The second-order valence-corrected chi connectivity index (χ2v) is 5.76. The van der Waals surface area contributed by atoms with E-state index in [0.717, 1.165) is 11.3 Å². The molecule has 0 saturated carbocycles. The Labute approximate surface area is 141 Å². The summed E-state index contributed by atoms with van der Waals surface area (Å²) >= 11 is 5.89. The molecule has 0 aliphatic heterocycles. The van der Waals surface area contributed by atoms with Gasteiger partial charge in [-0.1, -0.05) is 23.7 Å². The van der Waals surface area contributed by atoms with E-state index < -0.39 is 0 Å². The molecule has 0 saturated heterocycles. The van der Waals surface area contributed by atoms with Crippen LogP contribution in [0.1, 0.15) is 22.1 Å². The van der Waals surface area contributed by atoms with Crippen molar-refractivity contribution < 1.29 is 9.53 Å². The van der Waals surface area contributed by atoms with Gasteiger partial charge in [-0.25, -0.2) is 0 Å². The Balaban J connectivity index is 2.06. The lowest BCUT2D eigenvalue weighted by atomic mass is 10.1. The van der Waals surface area contributed by atoms with E-state index in [0.29, 0.717) is 17.3 Å². The highest BCUT2D eigenvalue weighted by Crippen LogP contribution is 2.20. The molecule has 1 heterocycles. The number of benzene rings is 1. The number of likely N-dealkylation sites (N-methyl/N-ethyl adjacent to an activating group) is 1. The normalized spacial score (nSPS) is 12.0. The zero-order valence-electron chi connectivity index (χ0n) is 13.4. The van der Waals surface area contributed by atoms with Crippen molar-refractivity contribution >= 4 is 17.5 Å². The van der Waals surface area contributed by atoms with Crippen LogP contribution in [-0.2, 0) is 0 Å². The Morgan fingerprint density at radius 1 is 1.30 bits per heavy atom. The predicted octanol–water partition coefficient (Wildman–Crippen LogP) is 2.78. The minimum absolute atomic E-state index is 0.0454. The van der Waals surface area contributed by atoms with Gasteiger partial charge in [-0.2, -0.15) is 0 Å². The van der Waals surface area contributed by atoms with Gasteiger partial charge in [0.25, 0.3) is 5.91 Å². The number of nitrogens with zero attached hydrogens (tertiary/aromatic N) is 2. The van der Waals surface area contributed by atoms with Crippen LogP contribution in [0.15, 0.2) is 42.6 Å². The number of rotatable bonds is 6. The van der Waals surface area contributed by atoms with Gasteiger partial charge >= 0.3 is 0 Å². The Morgan fingerprint density at radius 2 is 2.00 bits per heavy atom. The van der Waals surface area contributed by atoms with Gasteiger partial charge in [0.2, 0.25) is 0 Å². The lowest BCUT2D eigenvalue weighted by molar-refractivity contribution is 0.0937. The Hall–Kier alpha value is -2.11. The first-order valence-electron chi connectivity index (χ1n) is 7.21. The van der Waals surface area contributed by atoms with Crippen LogP contribution in [0, 0.1) is 0 Å². The van der Waals surface area contributed by atoms with Crippen LogP contribution < -0.4 is 10.1 Å². The summed E-state index contributed by atoms with van der Waals surface area (Å²) in [6, 6.07) is 11.0. The van der Waals surface area contributed by atoms with Crippen LogP contribution in [0.2, 0.25) is 5.02 Å². The average molecular weight is 334 g/mol. The minimum Gasteiger partial charge on any atom is -0.497 e. The number of carbonyl (C=O) groups is 1. The van der Waals surface area contributed by atoms with Crippen LogP contribution in [0.3, 0.4) is 0 Å². The molecule has 1 unspecified atom stereocenters. The van der Waals surface area contributed by atoms with E-state index in [-0.39, 0.29) is 11.9 Å². The highest BCUT2D eigenvalue weighted by molar-refractivity contribution is 6.30. The fraction of sp³-hybridized carbons (Fsp3) is 0.294. The third-order valence-electron chi connectivity index (χ3n) is 3.53. The van der Waals surface area contributed by atoms with Gasteiger partial charge in [0.15, 0.2) is 0 Å². The molecular formula is C17H20ClN3O2. The lowest BCUT2D eigenvalue weighted by Crippen LogP contribution is -2.34. The van der Waals surface area contributed by atoms with Crippen molar-refractivity contribution in [2.75, 3.05) is 27.7 Å². The first-order valence-corrected chi connectivity index (χ1v) is 7.59. The topological polar surface area (TPSA) is 54.5 Å². The number of amides is 1. The largest absolute Gasteiger partial charge is 0.497 e. The third kappa shape index (κ3) is 4.68. The Kier molecular flexibility index (Phi) is 5.96. The van der Waals surface area contributed by atoms with Gasteiger partial charge in [-0.05, 0) is 43.9 Å². The number of halogens is 1. The van der Waals surface area contributed by atoms with Gasteiger partial charge in [-0.15, -0.1) is 0 Å². The maximum Gasteiger partial charge on any atom is 0.269 e. The highest BCUT2D eigenvalue weighted by atomic mass is 35.5. The summed E-state index contributed by atoms with van der Waals surface area (Å²) < 4.78 is 5.17. The zero-order valence-corrected chi connectivity index (χ0v) is 14.2. The first-order chi connectivity index (χ1) is 11.0. The fourth-order valence-corrected chi connectivity index (χ4v) is 2.39. The molecule has 5 nitrogen and oxygen atoms in total. The van der Waals surface area contributed by atoms with Gasteiger partial charge in [0.05, 0.1) is 13.2 Å². The summed E-state index contributed by atoms with van der Waals surface area (Å²) in [5, 5.41) is 3.39. The van der Waals surface area contributed by atoms with Crippen LogP contribution >= 0.6 is 11.6 Å². The number of aromatic nitrogens is 1. The van der Waals surface area contributed by atoms with Crippen molar-refractivity contribution in [3.63, 3.8) is 0 Å². The number of carbonyl (C=O) groups excluding carboxylic acids is 1. The van der Waals surface area contributed by atoms with Crippen molar-refractivity contribution in [3.05, 3.63) is 58.9 Å². The molecule has 0 radical (unpaired) electrons. The van der Waals surface area contributed by atoms with E-state index >= 15 is 0 Å². The van der Waals surface area contributed by atoms with Crippen LogP contribution in [0.4, 0.5) is 0 Å². The third-order valence-corrected chi connectivity index (χ3v) is 3.77. The molecule has 1 amide bonds. The number of pyridine rings is 1. The van der Waals surface area contributed by atoms with Crippen molar-refractivity contribution in [1.82, 2.24) is 15.2 Å². The predicted molar refractivity (Wildman–Crippen MR) is 91.0 cm³/mol. The molecule has 23 heavy (non-hydrogen) atoms. The van der Waals surface area contributed by atoms with Gasteiger partial charge < -0.3 is 15.0 Å². The van der Waals surface area contributed by atoms with Crippen molar-refractivity contribution in [2.45, 2.75) is 6.04 Å². The molecule has 2 aromatic rings. The first kappa shape index (κ1) is 17.2. The smallest absolute Gasteiger partial charge is 0.269 e. The summed E-state index contributed by atoms with van der Waals surface area (Å²) in [7, 11) is 5.58. The molecular weight excluding hydrogens is 314 g/mol. The quantitative estimate of drug-likeness (QED) is 0.883. The summed E-state index contributed by atoms with van der Waals surface area (Å²) in [5.74, 6) is 0.561. The molecule has 1 aromatic carbocycles. The van der Waals surface area contributed by atoms with Crippen molar-refractivity contribution in [1.29, 1.82) is 0 Å². The average Bonchev–Trinajstić information content (AvgIpc) is 2.55. The minimum atomic E-state index is -0.243. The summed E-state index contributed by atoms with van der Waals surface area (Å²) in [5.41, 5.74) is 1.40. The molecule has 0 fully saturated rings. The van der Waals surface area contributed by atoms with Crippen LogP contribution in [-0.4, -0.2) is 43.5 Å². The maximum atomic E-state index is 12.2. The number of ether oxygens (including phenoxy) is 1. The molecule has 6 heteroatoms. The fourth-order valence-electron chi connectivity index (χ4n) is 2.23. The zero-order chi connectivity index (χ0) is 16.8. The summed E-state index contributed by atoms with van der Waals surface area (Å²) in [6.07, 6.45) is 1.52. The molecule has 0 spiro atoms. The maximum absolute atomic E-state index is 12.2. The van der Waals surface area contributed by atoms with Crippen LogP contribution in [0.25, 0.3) is 0 Å². The summed E-state index contributed by atoms with van der Waals surface area (Å²) in [4.78, 5) is 18.3. The number of nitrogens with one attached hydrogen (secondary N) is 1. The van der Waals surface area contributed by atoms with E-state index in [1.54, 1.807) is 19.2 Å². The molecule has 0 aliphatic rings. The lowest BCUT2D eigenvalue weighted by Gasteiger charge is -2.25. The second kappa shape index (κ2) is 7.94.